The minimum absolute atomic E-state index is 0.0649. The number of nitrogens with zero attached hydrogens (tertiary/aromatic N) is 1. The average Bonchev–Trinajstić information content (AvgIpc) is 3.10. The molecular formula is C19H22N2O4. The third kappa shape index (κ3) is 3.91. The van der Waals surface area contributed by atoms with Gasteiger partial charge in [0.1, 0.15) is 0 Å². The van der Waals surface area contributed by atoms with Gasteiger partial charge < -0.3 is 19.4 Å². The van der Waals surface area contributed by atoms with Gasteiger partial charge >= 0.3 is 0 Å². The molecule has 0 spiro atoms. The number of rotatable bonds is 3. The third-order valence-corrected chi connectivity index (χ3v) is 4.19. The Bertz CT molecular complexity index is 781. The number of aryl methyl sites for hydroxylation is 1. The van der Waals surface area contributed by atoms with Crippen LogP contribution in [0.25, 0.3) is 0 Å². The predicted molar refractivity (Wildman–Crippen MR) is 93.8 cm³/mol. The summed E-state index contributed by atoms with van der Waals surface area (Å²) in [4.78, 5) is 26.8. The van der Waals surface area contributed by atoms with Gasteiger partial charge in [-0.05, 0) is 50.6 Å². The van der Waals surface area contributed by atoms with Crippen molar-refractivity contribution >= 4 is 17.5 Å². The molecule has 0 bridgehead atoms. The first kappa shape index (κ1) is 17.2. The van der Waals surface area contributed by atoms with Gasteiger partial charge in [-0.3, -0.25) is 9.59 Å². The maximum Gasteiger partial charge on any atom is 0.291 e. The molecule has 0 radical (unpaired) electrons. The molecule has 1 aromatic heterocycles. The first-order valence-corrected chi connectivity index (χ1v) is 8.24. The highest BCUT2D eigenvalue weighted by molar-refractivity contribution is 6.04. The molecule has 1 fully saturated rings. The summed E-state index contributed by atoms with van der Waals surface area (Å²) in [6.45, 7) is 7.43. The number of hydrogen-bond acceptors (Lipinski definition) is 4. The van der Waals surface area contributed by atoms with E-state index < -0.39 is 0 Å². The number of morpholine rings is 1. The zero-order chi connectivity index (χ0) is 18.0. The molecule has 0 atom stereocenters. The summed E-state index contributed by atoms with van der Waals surface area (Å²) >= 11 is 0. The van der Waals surface area contributed by atoms with Gasteiger partial charge in [-0.15, -0.1) is 0 Å². The first-order chi connectivity index (χ1) is 11.9. The summed E-state index contributed by atoms with van der Waals surface area (Å²) in [5.74, 6) is -0.180. The minimum Gasteiger partial charge on any atom is -0.459 e. The summed E-state index contributed by atoms with van der Waals surface area (Å²) in [6.07, 6.45) is 1.45. The summed E-state index contributed by atoms with van der Waals surface area (Å²) < 4.78 is 10.8. The second-order valence-corrected chi connectivity index (χ2v) is 6.80. The molecule has 2 heterocycles. The van der Waals surface area contributed by atoms with E-state index in [0.717, 1.165) is 5.56 Å². The molecule has 1 saturated heterocycles. The van der Waals surface area contributed by atoms with Gasteiger partial charge in [0.2, 0.25) is 0 Å². The Hall–Kier alpha value is -2.60. The van der Waals surface area contributed by atoms with Crippen LogP contribution in [0, 0.1) is 6.92 Å². The minimum atomic E-state index is -0.352. The van der Waals surface area contributed by atoms with Gasteiger partial charge in [0, 0.05) is 24.3 Å². The molecule has 6 nitrogen and oxygen atoms in total. The molecule has 0 unspecified atom stereocenters. The van der Waals surface area contributed by atoms with Gasteiger partial charge in [0.15, 0.2) is 5.76 Å². The zero-order valence-corrected chi connectivity index (χ0v) is 14.7. The topological polar surface area (TPSA) is 71.8 Å². The second kappa shape index (κ2) is 6.72. The number of amides is 2. The first-order valence-electron chi connectivity index (χ1n) is 8.24. The van der Waals surface area contributed by atoms with E-state index in [1.807, 2.05) is 26.8 Å². The molecule has 132 valence electrons. The monoisotopic (exact) mass is 342 g/mol. The highest BCUT2D eigenvalue weighted by Crippen LogP contribution is 2.22. The molecule has 0 aliphatic carbocycles. The maximum atomic E-state index is 12.8. The van der Waals surface area contributed by atoms with Crippen LogP contribution in [0.15, 0.2) is 41.0 Å². The van der Waals surface area contributed by atoms with Crippen molar-refractivity contribution in [1.82, 2.24) is 4.90 Å². The quantitative estimate of drug-likeness (QED) is 0.930. The fourth-order valence-electron chi connectivity index (χ4n) is 2.85. The fraction of sp³-hybridized carbons (Fsp3) is 0.368. The Labute approximate surface area is 146 Å². The molecule has 2 amide bonds. The van der Waals surface area contributed by atoms with Gasteiger partial charge in [-0.25, -0.2) is 0 Å². The van der Waals surface area contributed by atoms with Crippen molar-refractivity contribution < 1.29 is 18.7 Å². The van der Waals surface area contributed by atoms with E-state index in [1.54, 1.807) is 29.2 Å². The highest BCUT2D eigenvalue weighted by atomic mass is 16.5. The summed E-state index contributed by atoms with van der Waals surface area (Å²) in [5.41, 5.74) is 1.66. The van der Waals surface area contributed by atoms with Crippen molar-refractivity contribution in [3.63, 3.8) is 0 Å². The van der Waals surface area contributed by atoms with Crippen LogP contribution >= 0.6 is 0 Å². The molecule has 1 aliphatic rings. The number of ether oxygens (including phenoxy) is 1. The average molecular weight is 342 g/mol. The molecule has 1 aliphatic heterocycles. The summed E-state index contributed by atoms with van der Waals surface area (Å²) in [7, 11) is 0. The summed E-state index contributed by atoms with van der Waals surface area (Å²) in [5, 5.41) is 2.80. The van der Waals surface area contributed by atoms with E-state index in [4.69, 9.17) is 9.15 Å². The SMILES string of the molecule is Cc1ccc(C(=O)N2CCOC(C)(C)C2)cc1NC(=O)c1ccco1. The van der Waals surface area contributed by atoms with E-state index in [9.17, 15) is 9.59 Å². The fourth-order valence-corrected chi connectivity index (χ4v) is 2.85. The van der Waals surface area contributed by atoms with Crippen LogP contribution in [0.3, 0.4) is 0 Å². The van der Waals surface area contributed by atoms with E-state index in [-0.39, 0.29) is 23.2 Å². The Morgan fingerprint density at radius 3 is 2.72 bits per heavy atom. The van der Waals surface area contributed by atoms with Gasteiger partial charge in [-0.2, -0.15) is 0 Å². The lowest BCUT2D eigenvalue weighted by Crippen LogP contribution is -2.50. The third-order valence-electron chi connectivity index (χ3n) is 4.19. The predicted octanol–water partition coefficient (Wildman–Crippen LogP) is 3.09. The van der Waals surface area contributed by atoms with Crippen LogP contribution in [-0.2, 0) is 4.74 Å². The Morgan fingerprint density at radius 2 is 2.04 bits per heavy atom. The van der Waals surface area contributed by atoms with Crippen molar-refractivity contribution in [2.75, 3.05) is 25.0 Å². The van der Waals surface area contributed by atoms with Crippen LogP contribution in [0.5, 0.6) is 0 Å². The number of nitrogens with one attached hydrogen (secondary N) is 1. The summed E-state index contributed by atoms with van der Waals surface area (Å²) in [6, 6.07) is 8.57. The van der Waals surface area contributed by atoms with Crippen molar-refractivity contribution in [2.24, 2.45) is 0 Å². The number of anilines is 1. The smallest absolute Gasteiger partial charge is 0.291 e. The molecule has 1 aromatic carbocycles. The van der Waals surface area contributed by atoms with Crippen molar-refractivity contribution in [3.05, 3.63) is 53.5 Å². The molecular weight excluding hydrogens is 320 g/mol. The normalized spacial score (nSPS) is 16.5. The number of furan rings is 1. The number of carbonyl (C=O) groups excluding carboxylic acids is 2. The van der Waals surface area contributed by atoms with Crippen LogP contribution in [0.2, 0.25) is 0 Å². The molecule has 2 aromatic rings. The lowest BCUT2D eigenvalue weighted by Gasteiger charge is -2.38. The van der Waals surface area contributed by atoms with E-state index >= 15 is 0 Å². The van der Waals surface area contributed by atoms with Crippen LogP contribution in [0.4, 0.5) is 5.69 Å². The highest BCUT2D eigenvalue weighted by Gasteiger charge is 2.30. The van der Waals surface area contributed by atoms with Crippen molar-refractivity contribution in [3.8, 4) is 0 Å². The van der Waals surface area contributed by atoms with E-state index in [0.29, 0.717) is 30.9 Å². The van der Waals surface area contributed by atoms with Crippen LogP contribution < -0.4 is 5.32 Å². The van der Waals surface area contributed by atoms with E-state index in [1.165, 1.54) is 6.26 Å². The molecule has 1 N–H and O–H groups in total. The van der Waals surface area contributed by atoms with Gasteiger partial charge in [0.05, 0.1) is 18.5 Å². The Kier molecular flexibility index (Phi) is 4.63. The van der Waals surface area contributed by atoms with Crippen molar-refractivity contribution in [1.29, 1.82) is 0 Å². The molecule has 0 saturated carbocycles. The molecule has 6 heteroatoms. The zero-order valence-electron chi connectivity index (χ0n) is 14.7. The molecule has 25 heavy (non-hydrogen) atoms. The van der Waals surface area contributed by atoms with Crippen LogP contribution in [0.1, 0.15) is 40.3 Å². The van der Waals surface area contributed by atoms with Crippen molar-refractivity contribution in [2.45, 2.75) is 26.4 Å². The lowest BCUT2D eigenvalue weighted by atomic mass is 10.0. The standard InChI is InChI=1S/C19H22N2O4/c1-13-6-7-14(18(23)21-8-10-25-19(2,3)12-21)11-15(13)20-17(22)16-5-4-9-24-16/h4-7,9,11H,8,10,12H2,1-3H3,(H,20,22). The van der Waals surface area contributed by atoms with Gasteiger partial charge in [0.25, 0.3) is 11.8 Å². The number of carbonyl (C=O) groups is 2. The number of hydrogen-bond donors (Lipinski definition) is 1. The maximum absolute atomic E-state index is 12.8. The Balaban J connectivity index is 1.79. The van der Waals surface area contributed by atoms with Gasteiger partial charge in [-0.1, -0.05) is 6.07 Å². The second-order valence-electron chi connectivity index (χ2n) is 6.80. The lowest BCUT2D eigenvalue weighted by molar-refractivity contribution is -0.0764. The largest absolute Gasteiger partial charge is 0.459 e. The Morgan fingerprint density at radius 1 is 1.24 bits per heavy atom. The number of benzene rings is 1. The molecule has 3 rings (SSSR count). The van der Waals surface area contributed by atoms with Crippen LogP contribution in [-0.4, -0.2) is 42.0 Å². The van der Waals surface area contributed by atoms with E-state index in [2.05, 4.69) is 5.32 Å².